The van der Waals surface area contributed by atoms with E-state index in [1.54, 1.807) is 6.92 Å². The molecule has 0 radical (unpaired) electrons. The number of carboxylic acids is 1. The second-order valence-corrected chi connectivity index (χ2v) is 5.76. The van der Waals surface area contributed by atoms with Crippen LogP contribution in [0.2, 0.25) is 0 Å². The number of hydrogen-bond donors (Lipinski definition) is 2. The highest BCUT2D eigenvalue weighted by Crippen LogP contribution is 2.10. The molecule has 23 heavy (non-hydrogen) atoms. The summed E-state index contributed by atoms with van der Waals surface area (Å²) in [7, 11) is 0. The van der Waals surface area contributed by atoms with Gasteiger partial charge < -0.3 is 9.84 Å². The average molecular weight is 331 g/mol. The number of carboxylic acid groups (broad SMARTS) is 1. The Morgan fingerprint density at radius 2 is 1.35 bits per heavy atom. The molecule has 138 valence electrons. The van der Waals surface area contributed by atoms with Gasteiger partial charge in [0.2, 0.25) is 0 Å². The first-order valence-corrected chi connectivity index (χ1v) is 9.14. The normalized spacial score (nSPS) is 11.3. The topological polar surface area (TPSA) is 89.6 Å². The third-order valence-corrected chi connectivity index (χ3v) is 3.47. The molecule has 1 atom stereocenters. The molecule has 0 heterocycles. The zero-order valence-electron chi connectivity index (χ0n) is 15.3. The van der Waals surface area contributed by atoms with Crippen molar-refractivity contribution >= 4 is 11.9 Å². The van der Waals surface area contributed by atoms with E-state index < -0.39 is 12.2 Å². The van der Waals surface area contributed by atoms with Gasteiger partial charge in [-0.15, -0.1) is 0 Å². The average Bonchev–Trinajstić information content (AvgIpc) is 2.53. The predicted octanol–water partition coefficient (Wildman–Crippen LogP) is 4.63. The quantitative estimate of drug-likeness (QED) is 0.292. The maximum atomic E-state index is 11.3. The maximum Gasteiger partial charge on any atom is 0.307 e. The SMILES string of the molecule is CCC(=O)O.CCCCCCCCCCCC(=O)OC(N)CC. The third kappa shape index (κ3) is 23.3. The molecule has 0 fully saturated rings. The highest BCUT2D eigenvalue weighted by atomic mass is 16.6. The van der Waals surface area contributed by atoms with Crippen molar-refractivity contribution < 1.29 is 19.4 Å². The van der Waals surface area contributed by atoms with E-state index in [1.807, 2.05) is 6.92 Å². The van der Waals surface area contributed by atoms with Gasteiger partial charge >= 0.3 is 11.9 Å². The Balaban J connectivity index is 0. The van der Waals surface area contributed by atoms with E-state index >= 15 is 0 Å². The Morgan fingerprint density at radius 1 is 0.913 bits per heavy atom. The predicted molar refractivity (Wildman–Crippen MR) is 94.1 cm³/mol. The van der Waals surface area contributed by atoms with Crippen molar-refractivity contribution in [2.24, 2.45) is 5.73 Å². The van der Waals surface area contributed by atoms with E-state index in [0.717, 1.165) is 12.8 Å². The lowest BCUT2D eigenvalue weighted by Crippen LogP contribution is -2.25. The van der Waals surface area contributed by atoms with Crippen LogP contribution >= 0.6 is 0 Å². The van der Waals surface area contributed by atoms with Crippen LogP contribution in [-0.4, -0.2) is 23.3 Å². The molecule has 0 bridgehead atoms. The molecule has 0 aliphatic heterocycles. The van der Waals surface area contributed by atoms with Crippen LogP contribution in [0.1, 0.15) is 97.8 Å². The first-order valence-electron chi connectivity index (χ1n) is 9.14. The molecule has 0 rings (SSSR count). The van der Waals surface area contributed by atoms with Crippen LogP contribution in [-0.2, 0) is 14.3 Å². The number of aliphatic carboxylic acids is 1. The van der Waals surface area contributed by atoms with Gasteiger partial charge in [-0.1, -0.05) is 72.1 Å². The summed E-state index contributed by atoms with van der Waals surface area (Å²) in [6, 6.07) is 0. The lowest BCUT2D eigenvalue weighted by Gasteiger charge is -2.10. The van der Waals surface area contributed by atoms with Gasteiger partial charge in [0.05, 0.1) is 0 Å². The summed E-state index contributed by atoms with van der Waals surface area (Å²) in [4.78, 5) is 20.7. The summed E-state index contributed by atoms with van der Waals surface area (Å²) in [5, 5.41) is 7.72. The van der Waals surface area contributed by atoms with Gasteiger partial charge in [-0.25, -0.2) is 0 Å². The van der Waals surface area contributed by atoms with E-state index in [2.05, 4.69) is 6.92 Å². The standard InChI is InChI=1S/C15H31NO2.C3H6O2/c1-3-5-6-7-8-9-10-11-12-13-15(17)18-14(16)4-2;1-2-3(4)5/h14H,3-13,16H2,1-2H3;2H2,1H3,(H,4,5). The smallest absolute Gasteiger partial charge is 0.307 e. The first-order chi connectivity index (χ1) is 11.0. The van der Waals surface area contributed by atoms with Crippen molar-refractivity contribution in [2.45, 2.75) is 104 Å². The second-order valence-electron chi connectivity index (χ2n) is 5.76. The van der Waals surface area contributed by atoms with Crippen LogP contribution in [0.25, 0.3) is 0 Å². The molecule has 3 N–H and O–H groups in total. The minimum atomic E-state index is -0.745. The highest BCUT2D eigenvalue weighted by molar-refractivity contribution is 5.69. The lowest BCUT2D eigenvalue weighted by molar-refractivity contribution is -0.149. The Hall–Kier alpha value is -1.10. The zero-order valence-corrected chi connectivity index (χ0v) is 15.3. The molecule has 0 spiro atoms. The molecule has 0 aromatic carbocycles. The number of ether oxygens (including phenoxy) is 1. The second kappa shape index (κ2) is 18.9. The third-order valence-electron chi connectivity index (χ3n) is 3.47. The van der Waals surface area contributed by atoms with Gasteiger partial charge in [-0.05, 0) is 12.8 Å². The van der Waals surface area contributed by atoms with Gasteiger partial charge in [-0.2, -0.15) is 0 Å². The van der Waals surface area contributed by atoms with E-state index in [0.29, 0.717) is 12.8 Å². The molecule has 5 heteroatoms. The highest BCUT2D eigenvalue weighted by Gasteiger charge is 2.06. The molecule has 0 aromatic heterocycles. The van der Waals surface area contributed by atoms with Gasteiger partial charge in [0.25, 0.3) is 0 Å². The van der Waals surface area contributed by atoms with Gasteiger partial charge in [-0.3, -0.25) is 15.3 Å². The van der Waals surface area contributed by atoms with Crippen LogP contribution in [0.5, 0.6) is 0 Å². The van der Waals surface area contributed by atoms with Gasteiger partial charge in [0.15, 0.2) is 6.23 Å². The monoisotopic (exact) mass is 331 g/mol. The van der Waals surface area contributed by atoms with Crippen LogP contribution in [0.4, 0.5) is 0 Å². The van der Waals surface area contributed by atoms with Crippen LogP contribution in [0.3, 0.4) is 0 Å². The number of nitrogens with two attached hydrogens (primary N) is 1. The number of carbonyl (C=O) groups excluding carboxylic acids is 1. The summed E-state index contributed by atoms with van der Waals surface area (Å²) < 4.78 is 5.01. The van der Waals surface area contributed by atoms with Crippen LogP contribution < -0.4 is 5.73 Å². The van der Waals surface area contributed by atoms with Crippen LogP contribution in [0, 0.1) is 0 Å². The molecule has 0 saturated heterocycles. The molecular formula is C18H37NO4. The van der Waals surface area contributed by atoms with Crippen molar-refractivity contribution in [3.8, 4) is 0 Å². The molecule has 5 nitrogen and oxygen atoms in total. The van der Waals surface area contributed by atoms with Crippen molar-refractivity contribution in [2.75, 3.05) is 0 Å². The maximum absolute atomic E-state index is 11.3. The van der Waals surface area contributed by atoms with Gasteiger partial charge in [0.1, 0.15) is 0 Å². The summed E-state index contributed by atoms with van der Waals surface area (Å²) >= 11 is 0. The van der Waals surface area contributed by atoms with Crippen molar-refractivity contribution in [1.82, 2.24) is 0 Å². The van der Waals surface area contributed by atoms with E-state index in [-0.39, 0.29) is 12.4 Å². The Morgan fingerprint density at radius 3 is 1.74 bits per heavy atom. The molecule has 0 amide bonds. The molecule has 0 saturated carbocycles. The Bertz CT molecular complexity index is 282. The zero-order chi connectivity index (χ0) is 17.9. The molecule has 1 unspecified atom stereocenters. The van der Waals surface area contributed by atoms with Crippen molar-refractivity contribution in [1.29, 1.82) is 0 Å². The van der Waals surface area contributed by atoms with Crippen molar-refractivity contribution in [3.63, 3.8) is 0 Å². The summed E-state index contributed by atoms with van der Waals surface area (Å²) in [6.07, 6.45) is 12.3. The van der Waals surface area contributed by atoms with Crippen LogP contribution in [0.15, 0.2) is 0 Å². The number of rotatable bonds is 13. The fourth-order valence-corrected chi connectivity index (χ4v) is 1.89. The minimum absolute atomic E-state index is 0.146. The summed E-state index contributed by atoms with van der Waals surface area (Å²) in [5.74, 6) is -0.891. The molecule has 0 aromatic rings. The summed E-state index contributed by atoms with van der Waals surface area (Å²) in [6.45, 7) is 5.75. The van der Waals surface area contributed by atoms with E-state index in [9.17, 15) is 9.59 Å². The van der Waals surface area contributed by atoms with E-state index in [1.165, 1.54) is 44.9 Å². The lowest BCUT2D eigenvalue weighted by atomic mass is 10.1. The fraction of sp³-hybridized carbons (Fsp3) is 0.889. The van der Waals surface area contributed by atoms with Gasteiger partial charge in [0, 0.05) is 12.8 Å². The first kappa shape index (κ1) is 24.2. The molecule has 0 aliphatic rings. The van der Waals surface area contributed by atoms with E-state index in [4.69, 9.17) is 15.6 Å². The molecular weight excluding hydrogens is 294 g/mol. The number of hydrogen-bond acceptors (Lipinski definition) is 4. The van der Waals surface area contributed by atoms with Crippen molar-refractivity contribution in [3.05, 3.63) is 0 Å². The Labute approximate surface area is 142 Å². The molecule has 0 aliphatic carbocycles. The largest absolute Gasteiger partial charge is 0.481 e. The Kier molecular flexibility index (Phi) is 19.9. The minimum Gasteiger partial charge on any atom is -0.481 e. The number of unbranched alkanes of at least 4 members (excludes halogenated alkanes) is 8. The summed E-state index contributed by atoms with van der Waals surface area (Å²) in [5.41, 5.74) is 5.54. The fourth-order valence-electron chi connectivity index (χ4n) is 1.89. The number of carbonyl (C=O) groups is 2. The number of esters is 1.